The van der Waals surface area contributed by atoms with Gasteiger partial charge in [0.25, 0.3) is 0 Å². The number of hydrogen-bond acceptors (Lipinski definition) is 3. The summed E-state index contributed by atoms with van der Waals surface area (Å²) in [5.74, 6) is 1.75. The second kappa shape index (κ2) is 10.6. The molecule has 114 valence electrons. The van der Waals surface area contributed by atoms with Gasteiger partial charge in [-0.3, -0.25) is 0 Å². The minimum absolute atomic E-state index is 0.709. The Kier molecular flexibility index (Phi) is 9.48. The first-order valence-corrected chi connectivity index (χ1v) is 8.08. The number of nitrogens with one attached hydrogen (secondary N) is 1. The summed E-state index contributed by atoms with van der Waals surface area (Å²) in [5.41, 5.74) is 0. The molecule has 3 nitrogen and oxygen atoms in total. The molecule has 0 aromatic rings. The van der Waals surface area contributed by atoms with Crippen molar-refractivity contribution >= 4 is 0 Å². The predicted octanol–water partition coefficient (Wildman–Crippen LogP) is 3.23. The van der Waals surface area contributed by atoms with Gasteiger partial charge < -0.3 is 14.8 Å². The first kappa shape index (κ1) is 16.9. The molecule has 1 fully saturated rings. The van der Waals surface area contributed by atoms with E-state index in [1.165, 1.54) is 45.1 Å². The zero-order valence-corrected chi connectivity index (χ0v) is 13.1. The highest BCUT2D eigenvalue weighted by atomic mass is 16.5. The van der Waals surface area contributed by atoms with Gasteiger partial charge in [-0.05, 0) is 56.9 Å². The van der Waals surface area contributed by atoms with Crippen LogP contribution < -0.4 is 5.32 Å². The average molecular weight is 271 g/mol. The van der Waals surface area contributed by atoms with Crippen LogP contribution in [0.4, 0.5) is 0 Å². The van der Waals surface area contributed by atoms with Gasteiger partial charge in [0.1, 0.15) is 0 Å². The molecule has 1 rings (SSSR count). The summed E-state index contributed by atoms with van der Waals surface area (Å²) in [6, 6.07) is 0.745. The van der Waals surface area contributed by atoms with Crippen LogP contribution in [-0.4, -0.2) is 39.5 Å². The lowest BCUT2D eigenvalue weighted by Crippen LogP contribution is -2.40. The molecule has 0 amide bonds. The Morgan fingerprint density at radius 2 is 2.00 bits per heavy atom. The Labute approximate surface area is 119 Å². The zero-order valence-electron chi connectivity index (χ0n) is 13.1. The molecular weight excluding hydrogens is 238 g/mol. The van der Waals surface area contributed by atoms with E-state index in [9.17, 15) is 0 Å². The number of rotatable bonds is 10. The van der Waals surface area contributed by atoms with E-state index in [-0.39, 0.29) is 0 Å². The highest BCUT2D eigenvalue weighted by molar-refractivity contribution is 4.83. The first-order valence-electron chi connectivity index (χ1n) is 8.08. The molecule has 1 aliphatic rings. The van der Waals surface area contributed by atoms with Gasteiger partial charge in [-0.25, -0.2) is 0 Å². The Balaban J connectivity index is 2.18. The standard InChI is InChI=1S/C16H33NO2/c1-4-9-17-16-8-7-14(2)13-15(16)6-5-10-19-12-11-18-3/h14-17H,4-13H2,1-3H3. The van der Waals surface area contributed by atoms with Gasteiger partial charge in [0, 0.05) is 19.8 Å². The Bertz CT molecular complexity index is 209. The number of methoxy groups -OCH3 is 1. The van der Waals surface area contributed by atoms with Crippen molar-refractivity contribution in [3.63, 3.8) is 0 Å². The number of hydrogen-bond donors (Lipinski definition) is 1. The lowest BCUT2D eigenvalue weighted by molar-refractivity contribution is 0.0645. The average Bonchev–Trinajstić information content (AvgIpc) is 2.42. The van der Waals surface area contributed by atoms with E-state index in [4.69, 9.17) is 9.47 Å². The second-order valence-corrected chi connectivity index (χ2v) is 5.99. The van der Waals surface area contributed by atoms with Gasteiger partial charge in [0.2, 0.25) is 0 Å². The molecule has 3 atom stereocenters. The van der Waals surface area contributed by atoms with Crippen molar-refractivity contribution in [2.45, 2.75) is 58.4 Å². The van der Waals surface area contributed by atoms with E-state index >= 15 is 0 Å². The molecule has 0 heterocycles. The molecule has 1 aliphatic carbocycles. The van der Waals surface area contributed by atoms with Crippen molar-refractivity contribution in [1.29, 1.82) is 0 Å². The third-order valence-corrected chi connectivity index (χ3v) is 4.20. The summed E-state index contributed by atoms with van der Waals surface area (Å²) in [6.07, 6.45) is 7.86. The lowest BCUT2D eigenvalue weighted by Gasteiger charge is -2.35. The zero-order chi connectivity index (χ0) is 13.9. The van der Waals surface area contributed by atoms with Crippen molar-refractivity contribution in [2.75, 3.05) is 33.5 Å². The molecule has 3 heteroatoms. The van der Waals surface area contributed by atoms with Gasteiger partial charge in [0.05, 0.1) is 13.2 Å². The Hall–Kier alpha value is -0.120. The number of ether oxygens (including phenoxy) is 2. The third kappa shape index (κ3) is 7.28. The van der Waals surface area contributed by atoms with E-state index in [2.05, 4.69) is 19.2 Å². The van der Waals surface area contributed by atoms with Crippen LogP contribution in [-0.2, 0) is 9.47 Å². The minimum atomic E-state index is 0.709. The molecule has 0 aliphatic heterocycles. The van der Waals surface area contributed by atoms with Crippen LogP contribution >= 0.6 is 0 Å². The summed E-state index contributed by atoms with van der Waals surface area (Å²) in [6.45, 7) is 8.14. The van der Waals surface area contributed by atoms with Crippen molar-refractivity contribution in [3.8, 4) is 0 Å². The highest BCUT2D eigenvalue weighted by Crippen LogP contribution is 2.32. The van der Waals surface area contributed by atoms with Crippen LogP contribution in [0.5, 0.6) is 0 Å². The predicted molar refractivity (Wildman–Crippen MR) is 80.5 cm³/mol. The molecule has 19 heavy (non-hydrogen) atoms. The van der Waals surface area contributed by atoms with E-state index in [0.717, 1.165) is 31.1 Å². The largest absolute Gasteiger partial charge is 0.382 e. The van der Waals surface area contributed by atoms with Gasteiger partial charge in [-0.2, -0.15) is 0 Å². The van der Waals surface area contributed by atoms with Gasteiger partial charge in [-0.15, -0.1) is 0 Å². The maximum absolute atomic E-state index is 5.56. The fraction of sp³-hybridized carbons (Fsp3) is 1.00. The van der Waals surface area contributed by atoms with Gasteiger partial charge in [0.15, 0.2) is 0 Å². The lowest BCUT2D eigenvalue weighted by atomic mass is 9.76. The topological polar surface area (TPSA) is 30.5 Å². The monoisotopic (exact) mass is 271 g/mol. The quantitative estimate of drug-likeness (QED) is 0.619. The molecule has 0 radical (unpaired) electrons. The molecule has 0 bridgehead atoms. The molecule has 1 N–H and O–H groups in total. The maximum atomic E-state index is 5.56. The SMILES string of the molecule is CCCNC1CCC(C)CC1CCCOCCOC. The Morgan fingerprint density at radius 3 is 2.74 bits per heavy atom. The van der Waals surface area contributed by atoms with Gasteiger partial charge >= 0.3 is 0 Å². The van der Waals surface area contributed by atoms with Crippen molar-refractivity contribution in [2.24, 2.45) is 11.8 Å². The first-order chi connectivity index (χ1) is 9.27. The maximum Gasteiger partial charge on any atom is 0.0700 e. The molecule has 0 aromatic carbocycles. The summed E-state index contributed by atoms with van der Waals surface area (Å²) >= 11 is 0. The molecule has 1 saturated carbocycles. The van der Waals surface area contributed by atoms with Crippen LogP contribution in [0.2, 0.25) is 0 Å². The van der Waals surface area contributed by atoms with Crippen molar-refractivity contribution in [3.05, 3.63) is 0 Å². The van der Waals surface area contributed by atoms with Crippen molar-refractivity contribution in [1.82, 2.24) is 5.32 Å². The fourth-order valence-electron chi connectivity index (χ4n) is 3.11. The molecule has 0 saturated heterocycles. The molecule has 3 unspecified atom stereocenters. The molecule has 0 spiro atoms. The smallest absolute Gasteiger partial charge is 0.0700 e. The molecule has 0 aromatic heterocycles. The summed E-state index contributed by atoms with van der Waals surface area (Å²) < 4.78 is 10.5. The van der Waals surface area contributed by atoms with Crippen LogP contribution in [0.1, 0.15) is 52.4 Å². The Morgan fingerprint density at radius 1 is 1.16 bits per heavy atom. The third-order valence-electron chi connectivity index (χ3n) is 4.20. The van der Waals surface area contributed by atoms with E-state index in [0.29, 0.717) is 6.61 Å². The van der Waals surface area contributed by atoms with Crippen LogP contribution in [0.25, 0.3) is 0 Å². The van der Waals surface area contributed by atoms with Gasteiger partial charge in [-0.1, -0.05) is 13.8 Å². The van der Waals surface area contributed by atoms with E-state index < -0.39 is 0 Å². The highest BCUT2D eigenvalue weighted by Gasteiger charge is 2.27. The van der Waals surface area contributed by atoms with Crippen molar-refractivity contribution < 1.29 is 9.47 Å². The van der Waals surface area contributed by atoms with Crippen LogP contribution in [0.15, 0.2) is 0 Å². The summed E-state index contributed by atoms with van der Waals surface area (Å²) in [5, 5.41) is 3.74. The summed E-state index contributed by atoms with van der Waals surface area (Å²) in [4.78, 5) is 0. The molecular formula is C16H33NO2. The fourth-order valence-corrected chi connectivity index (χ4v) is 3.11. The second-order valence-electron chi connectivity index (χ2n) is 5.99. The normalized spacial score (nSPS) is 27.6. The van der Waals surface area contributed by atoms with Crippen LogP contribution in [0, 0.1) is 11.8 Å². The van der Waals surface area contributed by atoms with E-state index in [1.54, 1.807) is 7.11 Å². The summed E-state index contributed by atoms with van der Waals surface area (Å²) in [7, 11) is 1.72. The minimum Gasteiger partial charge on any atom is -0.382 e. The van der Waals surface area contributed by atoms with E-state index in [1.807, 2.05) is 0 Å². The van der Waals surface area contributed by atoms with Crippen LogP contribution in [0.3, 0.4) is 0 Å².